The summed E-state index contributed by atoms with van der Waals surface area (Å²) in [4.78, 5) is 12.2. The highest BCUT2D eigenvalue weighted by Gasteiger charge is 2.07. The largest absolute Gasteiger partial charge is 0.496 e. The van der Waals surface area contributed by atoms with Gasteiger partial charge in [-0.1, -0.05) is 23.7 Å². The summed E-state index contributed by atoms with van der Waals surface area (Å²) in [5.74, 6) is 1.34. The van der Waals surface area contributed by atoms with Crippen molar-refractivity contribution in [3.63, 3.8) is 0 Å². The fraction of sp³-hybridized carbons (Fsp3) is 0.143. The maximum absolute atomic E-state index is 12.2. The topological polar surface area (TPSA) is 53.3 Å². The van der Waals surface area contributed by atoms with Gasteiger partial charge < -0.3 is 9.47 Å². The smallest absolute Gasteiger partial charge is 0.189 e. The molecule has 5 nitrogen and oxygen atoms in total. The van der Waals surface area contributed by atoms with Gasteiger partial charge in [-0.05, 0) is 48.0 Å². The Kier molecular flexibility index (Phi) is 5.94. The van der Waals surface area contributed by atoms with Crippen molar-refractivity contribution in [1.82, 2.24) is 9.78 Å². The highest BCUT2D eigenvalue weighted by atomic mass is 35.5. The lowest BCUT2D eigenvalue weighted by molar-refractivity contribution is 0.104. The monoisotopic (exact) mass is 382 g/mol. The van der Waals surface area contributed by atoms with E-state index in [1.807, 2.05) is 30.3 Å². The van der Waals surface area contributed by atoms with Crippen molar-refractivity contribution in [3.05, 3.63) is 82.6 Å². The molecule has 27 heavy (non-hydrogen) atoms. The Bertz CT molecular complexity index is 962. The minimum absolute atomic E-state index is 0.0992. The minimum Gasteiger partial charge on any atom is -0.496 e. The molecule has 0 saturated carbocycles. The van der Waals surface area contributed by atoms with Crippen LogP contribution in [0.15, 0.2) is 60.9 Å². The van der Waals surface area contributed by atoms with E-state index in [9.17, 15) is 4.79 Å². The van der Waals surface area contributed by atoms with Crippen LogP contribution < -0.4 is 9.47 Å². The van der Waals surface area contributed by atoms with E-state index in [0.29, 0.717) is 22.9 Å². The number of hydrogen-bond donors (Lipinski definition) is 0. The predicted molar refractivity (Wildman–Crippen MR) is 105 cm³/mol. The quantitative estimate of drug-likeness (QED) is 0.444. The standard InChI is InChI=1S/C21H19ClN2O3/c1-24-13-17(12-23-24)20(25)9-3-15-4-10-21(26-2)16(11-15)14-27-19-7-5-18(22)6-8-19/h3-13H,14H2,1-2H3/b9-3+. The van der Waals surface area contributed by atoms with Crippen LogP contribution in [0.1, 0.15) is 21.5 Å². The summed E-state index contributed by atoms with van der Waals surface area (Å²) in [6, 6.07) is 12.8. The van der Waals surface area contributed by atoms with Crippen molar-refractivity contribution in [3.8, 4) is 11.5 Å². The van der Waals surface area contributed by atoms with E-state index in [0.717, 1.165) is 16.9 Å². The fourth-order valence-electron chi connectivity index (χ4n) is 2.52. The first-order chi connectivity index (χ1) is 13.0. The number of hydrogen-bond acceptors (Lipinski definition) is 4. The molecule has 0 spiro atoms. The third-order valence-electron chi connectivity index (χ3n) is 3.93. The van der Waals surface area contributed by atoms with Crippen LogP contribution in [0.3, 0.4) is 0 Å². The van der Waals surface area contributed by atoms with Crippen LogP contribution in [0.2, 0.25) is 5.02 Å². The maximum atomic E-state index is 12.2. The van der Waals surface area contributed by atoms with Crippen LogP contribution in [0, 0.1) is 0 Å². The van der Waals surface area contributed by atoms with Crippen LogP contribution in [0.4, 0.5) is 0 Å². The number of ketones is 1. The summed E-state index contributed by atoms with van der Waals surface area (Å²) < 4.78 is 12.8. The molecular formula is C21H19ClN2O3. The van der Waals surface area contributed by atoms with E-state index in [4.69, 9.17) is 21.1 Å². The summed E-state index contributed by atoms with van der Waals surface area (Å²) >= 11 is 5.89. The molecule has 0 unspecified atom stereocenters. The Balaban J connectivity index is 1.73. The van der Waals surface area contributed by atoms with Crippen molar-refractivity contribution in [2.45, 2.75) is 6.61 Å². The van der Waals surface area contributed by atoms with Gasteiger partial charge in [0.1, 0.15) is 18.1 Å². The maximum Gasteiger partial charge on any atom is 0.189 e. The molecule has 0 radical (unpaired) electrons. The van der Waals surface area contributed by atoms with Crippen molar-refractivity contribution in [2.24, 2.45) is 7.05 Å². The molecule has 0 aliphatic heterocycles. The SMILES string of the molecule is COc1ccc(/C=C/C(=O)c2cnn(C)c2)cc1COc1ccc(Cl)cc1. The Labute approximate surface area is 162 Å². The van der Waals surface area contributed by atoms with Gasteiger partial charge in [-0.15, -0.1) is 0 Å². The molecule has 0 saturated heterocycles. The zero-order valence-corrected chi connectivity index (χ0v) is 15.8. The molecule has 3 aromatic rings. The average molecular weight is 383 g/mol. The predicted octanol–water partition coefficient (Wildman–Crippen LogP) is 4.56. The first-order valence-corrected chi connectivity index (χ1v) is 8.69. The molecule has 1 heterocycles. The molecule has 0 bridgehead atoms. The number of rotatable bonds is 7. The van der Waals surface area contributed by atoms with Crippen LogP contribution in [-0.2, 0) is 13.7 Å². The molecule has 1 aromatic heterocycles. The molecule has 0 amide bonds. The molecule has 0 fully saturated rings. The lowest BCUT2D eigenvalue weighted by atomic mass is 10.1. The molecule has 138 valence electrons. The molecular weight excluding hydrogens is 364 g/mol. The van der Waals surface area contributed by atoms with Crippen LogP contribution in [0.5, 0.6) is 11.5 Å². The minimum atomic E-state index is -0.0992. The number of benzene rings is 2. The molecule has 3 rings (SSSR count). The summed E-state index contributed by atoms with van der Waals surface area (Å²) in [6.45, 7) is 0.336. The van der Waals surface area contributed by atoms with Gasteiger partial charge in [-0.3, -0.25) is 9.48 Å². The van der Waals surface area contributed by atoms with E-state index in [1.54, 1.807) is 49.4 Å². The number of nitrogens with zero attached hydrogens (tertiary/aromatic N) is 2. The third kappa shape index (κ3) is 4.99. The van der Waals surface area contributed by atoms with Crippen molar-refractivity contribution >= 4 is 23.5 Å². The molecule has 6 heteroatoms. The van der Waals surface area contributed by atoms with E-state index < -0.39 is 0 Å². The zero-order chi connectivity index (χ0) is 19.2. The second kappa shape index (κ2) is 8.56. The third-order valence-corrected chi connectivity index (χ3v) is 4.18. The van der Waals surface area contributed by atoms with Gasteiger partial charge in [-0.2, -0.15) is 5.10 Å². The Morgan fingerprint density at radius 3 is 2.67 bits per heavy atom. The summed E-state index contributed by atoms with van der Waals surface area (Å²) in [6.07, 6.45) is 6.53. The Morgan fingerprint density at radius 1 is 1.22 bits per heavy atom. The first-order valence-electron chi connectivity index (χ1n) is 8.31. The molecule has 2 aromatic carbocycles. The number of ether oxygens (including phenoxy) is 2. The molecule has 0 atom stereocenters. The van der Waals surface area contributed by atoms with Gasteiger partial charge in [0.25, 0.3) is 0 Å². The second-order valence-corrected chi connectivity index (χ2v) is 6.35. The molecule has 0 aliphatic rings. The van der Waals surface area contributed by atoms with Crippen LogP contribution >= 0.6 is 11.6 Å². The summed E-state index contributed by atoms with van der Waals surface area (Å²) in [5.41, 5.74) is 2.31. The van der Waals surface area contributed by atoms with E-state index >= 15 is 0 Å². The highest BCUT2D eigenvalue weighted by molar-refractivity contribution is 6.30. The normalized spacial score (nSPS) is 10.9. The summed E-state index contributed by atoms with van der Waals surface area (Å²) in [7, 11) is 3.39. The number of allylic oxidation sites excluding steroid dienone is 1. The lowest BCUT2D eigenvalue weighted by Crippen LogP contribution is -1.99. The first kappa shape index (κ1) is 18.7. The number of aryl methyl sites for hydroxylation is 1. The van der Waals surface area contributed by atoms with Gasteiger partial charge in [0, 0.05) is 23.8 Å². The van der Waals surface area contributed by atoms with Gasteiger partial charge >= 0.3 is 0 Å². The summed E-state index contributed by atoms with van der Waals surface area (Å²) in [5, 5.41) is 4.67. The van der Waals surface area contributed by atoms with Crippen molar-refractivity contribution in [2.75, 3.05) is 7.11 Å². The Morgan fingerprint density at radius 2 is 2.00 bits per heavy atom. The molecule has 0 N–H and O–H groups in total. The van der Waals surface area contributed by atoms with Crippen LogP contribution in [0.25, 0.3) is 6.08 Å². The zero-order valence-electron chi connectivity index (χ0n) is 15.1. The van der Waals surface area contributed by atoms with Crippen molar-refractivity contribution < 1.29 is 14.3 Å². The molecule has 0 aliphatic carbocycles. The number of carbonyl (C=O) groups excluding carboxylic acids is 1. The van der Waals surface area contributed by atoms with Gasteiger partial charge in [-0.25, -0.2) is 0 Å². The second-order valence-electron chi connectivity index (χ2n) is 5.91. The van der Waals surface area contributed by atoms with Crippen molar-refractivity contribution in [1.29, 1.82) is 0 Å². The number of carbonyl (C=O) groups is 1. The number of aromatic nitrogens is 2. The average Bonchev–Trinajstić information content (AvgIpc) is 3.12. The lowest BCUT2D eigenvalue weighted by Gasteiger charge is -2.11. The van der Waals surface area contributed by atoms with E-state index in [1.165, 1.54) is 6.08 Å². The fourth-order valence-corrected chi connectivity index (χ4v) is 2.65. The van der Waals surface area contributed by atoms with E-state index in [2.05, 4.69) is 5.10 Å². The van der Waals surface area contributed by atoms with Gasteiger partial charge in [0.05, 0.1) is 18.9 Å². The van der Waals surface area contributed by atoms with E-state index in [-0.39, 0.29) is 5.78 Å². The highest BCUT2D eigenvalue weighted by Crippen LogP contribution is 2.23. The number of halogens is 1. The number of methoxy groups -OCH3 is 1. The van der Waals surface area contributed by atoms with Gasteiger partial charge in [0.2, 0.25) is 0 Å². The Hall–Kier alpha value is -3.05. The van der Waals surface area contributed by atoms with Gasteiger partial charge in [0.15, 0.2) is 5.78 Å². The van der Waals surface area contributed by atoms with Crippen LogP contribution in [-0.4, -0.2) is 22.7 Å².